The molecule has 1 saturated heterocycles. The van der Waals surface area contributed by atoms with Gasteiger partial charge in [-0.1, -0.05) is 45.8 Å². The summed E-state index contributed by atoms with van der Waals surface area (Å²) in [5.41, 5.74) is 2.49. The number of benzene rings is 2. The quantitative estimate of drug-likeness (QED) is 0.476. The van der Waals surface area contributed by atoms with Gasteiger partial charge in [0.1, 0.15) is 5.57 Å². The Morgan fingerprint density at radius 2 is 1.83 bits per heavy atom. The van der Waals surface area contributed by atoms with E-state index < -0.39 is 11.8 Å². The van der Waals surface area contributed by atoms with Crippen LogP contribution in [0.4, 0.5) is 5.69 Å². The van der Waals surface area contributed by atoms with Crippen LogP contribution in [0.1, 0.15) is 11.1 Å². The molecular formula is C18H13BrN2O2S. The maximum Gasteiger partial charge on any atom is 0.270 e. The SMILES string of the molecule is Cc1cccc(/C=C2\C(=O)NC(=S)N(c3ccc(Br)cc3)C2=O)c1. The molecule has 2 aromatic rings. The Labute approximate surface area is 153 Å². The van der Waals surface area contributed by atoms with E-state index in [0.717, 1.165) is 15.6 Å². The molecule has 4 nitrogen and oxygen atoms in total. The molecule has 3 rings (SSSR count). The van der Waals surface area contributed by atoms with E-state index in [-0.39, 0.29) is 10.7 Å². The normalized spacial score (nSPS) is 16.5. The van der Waals surface area contributed by atoms with Crippen molar-refractivity contribution in [1.29, 1.82) is 0 Å². The number of nitrogens with one attached hydrogen (secondary N) is 1. The lowest BCUT2D eigenvalue weighted by molar-refractivity contribution is -0.122. The second-order valence-corrected chi connectivity index (χ2v) is 6.65. The second kappa shape index (κ2) is 6.67. The fraction of sp³-hybridized carbons (Fsp3) is 0.0556. The molecule has 1 N–H and O–H groups in total. The maximum atomic E-state index is 12.8. The average molecular weight is 401 g/mol. The molecule has 2 aromatic carbocycles. The van der Waals surface area contributed by atoms with Crippen molar-refractivity contribution in [3.63, 3.8) is 0 Å². The van der Waals surface area contributed by atoms with Crippen LogP contribution in [0.25, 0.3) is 6.08 Å². The van der Waals surface area contributed by atoms with Gasteiger partial charge in [-0.2, -0.15) is 0 Å². The van der Waals surface area contributed by atoms with Gasteiger partial charge in [-0.05, 0) is 55.0 Å². The zero-order chi connectivity index (χ0) is 17.3. The van der Waals surface area contributed by atoms with Crippen molar-refractivity contribution in [2.24, 2.45) is 0 Å². The Bertz CT molecular complexity index is 875. The molecule has 1 fully saturated rings. The minimum Gasteiger partial charge on any atom is -0.298 e. The Morgan fingerprint density at radius 1 is 1.12 bits per heavy atom. The predicted molar refractivity (Wildman–Crippen MR) is 102 cm³/mol. The molecule has 0 spiro atoms. The van der Waals surface area contributed by atoms with Crippen LogP contribution in [0, 0.1) is 6.92 Å². The second-order valence-electron chi connectivity index (χ2n) is 5.35. The lowest BCUT2D eigenvalue weighted by Crippen LogP contribution is -2.54. The van der Waals surface area contributed by atoms with Gasteiger partial charge < -0.3 is 0 Å². The average Bonchev–Trinajstić information content (AvgIpc) is 2.53. The van der Waals surface area contributed by atoms with E-state index in [1.54, 1.807) is 18.2 Å². The Kier molecular flexibility index (Phi) is 4.59. The van der Waals surface area contributed by atoms with Gasteiger partial charge in [0, 0.05) is 4.47 Å². The summed E-state index contributed by atoms with van der Waals surface area (Å²) >= 11 is 8.52. The minimum atomic E-state index is -0.486. The zero-order valence-corrected chi connectivity index (χ0v) is 15.1. The molecule has 0 aromatic heterocycles. The highest BCUT2D eigenvalue weighted by Crippen LogP contribution is 2.23. The first-order valence-corrected chi connectivity index (χ1v) is 8.39. The largest absolute Gasteiger partial charge is 0.298 e. The molecule has 24 heavy (non-hydrogen) atoms. The lowest BCUT2D eigenvalue weighted by Gasteiger charge is -2.29. The van der Waals surface area contributed by atoms with E-state index in [1.165, 1.54) is 4.90 Å². The number of amides is 2. The standard InChI is InChI=1S/C18H13BrN2O2S/c1-11-3-2-4-12(9-11)10-15-16(22)20-18(24)21(17(15)23)14-7-5-13(19)6-8-14/h2-10H,1H3,(H,20,22,24)/b15-10+. The van der Waals surface area contributed by atoms with Crippen molar-refractivity contribution in [3.05, 3.63) is 69.7 Å². The monoisotopic (exact) mass is 400 g/mol. The predicted octanol–water partition coefficient (Wildman–Crippen LogP) is 3.59. The van der Waals surface area contributed by atoms with Crippen molar-refractivity contribution in [2.45, 2.75) is 6.92 Å². The van der Waals surface area contributed by atoms with E-state index in [1.807, 2.05) is 43.3 Å². The summed E-state index contributed by atoms with van der Waals surface area (Å²) < 4.78 is 0.890. The summed E-state index contributed by atoms with van der Waals surface area (Å²) in [6.45, 7) is 1.95. The fourth-order valence-electron chi connectivity index (χ4n) is 2.41. The van der Waals surface area contributed by atoms with Gasteiger partial charge in [0.25, 0.3) is 11.8 Å². The van der Waals surface area contributed by atoms with Crippen LogP contribution in [0.3, 0.4) is 0 Å². The van der Waals surface area contributed by atoms with Crippen LogP contribution in [-0.2, 0) is 9.59 Å². The topological polar surface area (TPSA) is 49.4 Å². The number of nitrogens with zero attached hydrogens (tertiary/aromatic N) is 1. The number of hydrogen-bond acceptors (Lipinski definition) is 3. The number of anilines is 1. The molecule has 0 unspecified atom stereocenters. The number of hydrogen-bond donors (Lipinski definition) is 1. The molecule has 6 heteroatoms. The van der Waals surface area contributed by atoms with E-state index in [0.29, 0.717) is 5.69 Å². The van der Waals surface area contributed by atoms with Crippen LogP contribution in [-0.4, -0.2) is 16.9 Å². The minimum absolute atomic E-state index is 0.0529. The number of thiocarbonyl (C=S) groups is 1. The van der Waals surface area contributed by atoms with Gasteiger partial charge in [0.2, 0.25) is 0 Å². The summed E-state index contributed by atoms with van der Waals surface area (Å²) in [6, 6.07) is 14.7. The molecule has 0 bridgehead atoms. The van der Waals surface area contributed by atoms with Gasteiger partial charge in [0.15, 0.2) is 5.11 Å². The Balaban J connectivity index is 2.01. The highest BCUT2D eigenvalue weighted by molar-refractivity contribution is 9.10. The summed E-state index contributed by atoms with van der Waals surface area (Å²) in [7, 11) is 0. The first-order valence-electron chi connectivity index (χ1n) is 7.19. The molecule has 1 heterocycles. The number of aryl methyl sites for hydroxylation is 1. The maximum absolute atomic E-state index is 12.8. The van der Waals surface area contributed by atoms with Gasteiger partial charge in [-0.3, -0.25) is 19.8 Å². The lowest BCUT2D eigenvalue weighted by atomic mass is 10.1. The number of carbonyl (C=O) groups excluding carboxylic acids is 2. The van der Waals surface area contributed by atoms with Crippen molar-refractivity contribution in [3.8, 4) is 0 Å². The summed E-state index contributed by atoms with van der Waals surface area (Å²) in [5.74, 6) is -0.924. The molecule has 0 radical (unpaired) electrons. The third-order valence-electron chi connectivity index (χ3n) is 3.54. The number of rotatable bonds is 2. The molecular weight excluding hydrogens is 388 g/mol. The molecule has 1 aliphatic heterocycles. The fourth-order valence-corrected chi connectivity index (χ4v) is 2.95. The van der Waals surface area contributed by atoms with Crippen LogP contribution < -0.4 is 10.2 Å². The highest BCUT2D eigenvalue weighted by atomic mass is 79.9. The van der Waals surface area contributed by atoms with Gasteiger partial charge in [0.05, 0.1) is 5.69 Å². The van der Waals surface area contributed by atoms with Gasteiger partial charge in [-0.25, -0.2) is 0 Å². The molecule has 0 atom stereocenters. The smallest absolute Gasteiger partial charge is 0.270 e. The Morgan fingerprint density at radius 3 is 2.50 bits per heavy atom. The number of carbonyl (C=O) groups is 2. The summed E-state index contributed by atoms with van der Waals surface area (Å²) in [4.78, 5) is 26.4. The van der Waals surface area contributed by atoms with Crippen LogP contribution in [0.5, 0.6) is 0 Å². The van der Waals surface area contributed by atoms with Gasteiger partial charge in [-0.15, -0.1) is 0 Å². The van der Waals surface area contributed by atoms with E-state index in [9.17, 15) is 9.59 Å². The molecule has 2 amide bonds. The number of halogens is 1. The van der Waals surface area contributed by atoms with Crippen LogP contribution in [0.2, 0.25) is 0 Å². The first kappa shape index (κ1) is 16.5. The molecule has 120 valence electrons. The van der Waals surface area contributed by atoms with Crippen LogP contribution in [0.15, 0.2) is 58.6 Å². The molecule has 0 aliphatic carbocycles. The van der Waals surface area contributed by atoms with E-state index >= 15 is 0 Å². The summed E-state index contributed by atoms with van der Waals surface area (Å²) in [6.07, 6.45) is 1.58. The molecule has 1 aliphatic rings. The zero-order valence-electron chi connectivity index (χ0n) is 12.7. The van der Waals surface area contributed by atoms with Crippen molar-refractivity contribution < 1.29 is 9.59 Å². The van der Waals surface area contributed by atoms with E-state index in [2.05, 4.69) is 21.2 Å². The third kappa shape index (κ3) is 3.29. The van der Waals surface area contributed by atoms with Gasteiger partial charge >= 0.3 is 0 Å². The van der Waals surface area contributed by atoms with Crippen molar-refractivity contribution in [1.82, 2.24) is 5.32 Å². The highest BCUT2D eigenvalue weighted by Gasteiger charge is 2.34. The Hall–Kier alpha value is -2.31. The summed E-state index contributed by atoms with van der Waals surface area (Å²) in [5, 5.41) is 2.65. The molecule has 0 saturated carbocycles. The van der Waals surface area contributed by atoms with E-state index in [4.69, 9.17) is 12.2 Å². The third-order valence-corrected chi connectivity index (χ3v) is 4.35. The van der Waals surface area contributed by atoms with Crippen molar-refractivity contribution >= 4 is 56.8 Å². The van der Waals surface area contributed by atoms with Crippen LogP contribution >= 0.6 is 28.1 Å². The van der Waals surface area contributed by atoms with Crippen molar-refractivity contribution in [2.75, 3.05) is 4.90 Å². The first-order chi connectivity index (χ1) is 11.5.